The highest BCUT2D eigenvalue weighted by Crippen LogP contribution is 2.32. The summed E-state index contributed by atoms with van der Waals surface area (Å²) in [5.41, 5.74) is 0.452. The van der Waals surface area contributed by atoms with E-state index >= 15 is 0 Å². The van der Waals surface area contributed by atoms with Gasteiger partial charge in [-0.3, -0.25) is 9.59 Å². The number of carboxylic acids is 1. The summed E-state index contributed by atoms with van der Waals surface area (Å²) in [6.45, 7) is -0.499. The number of aromatic nitrogens is 1. The molecule has 5 nitrogen and oxygen atoms in total. The van der Waals surface area contributed by atoms with E-state index in [0.717, 1.165) is 21.5 Å². The van der Waals surface area contributed by atoms with Gasteiger partial charge >= 0.3 is 12.1 Å². The van der Waals surface area contributed by atoms with Crippen molar-refractivity contribution in [1.29, 1.82) is 0 Å². The van der Waals surface area contributed by atoms with Crippen LogP contribution in [-0.2, 0) is 24.6 Å². The molecule has 1 N–H and O–H groups in total. The molecule has 3 rings (SSSR count). The van der Waals surface area contributed by atoms with Gasteiger partial charge in [0.05, 0.1) is 5.56 Å². The topological polar surface area (TPSA) is 62.5 Å². The minimum Gasteiger partial charge on any atom is -0.480 e. The molecule has 3 aromatic rings. The fraction of sp³-hybridized carbons (Fsp3) is 0.200. The largest absolute Gasteiger partial charge is 0.480 e. The van der Waals surface area contributed by atoms with E-state index in [1.807, 2.05) is 0 Å². The summed E-state index contributed by atoms with van der Waals surface area (Å²) < 4.78 is 41.2. The molecule has 0 atom stereocenters. The second-order valence-corrected chi connectivity index (χ2v) is 7.46. The molecule has 29 heavy (non-hydrogen) atoms. The van der Waals surface area contributed by atoms with Gasteiger partial charge in [0.1, 0.15) is 12.2 Å². The van der Waals surface area contributed by atoms with E-state index in [1.54, 1.807) is 31.3 Å². The minimum absolute atomic E-state index is 0.0416. The summed E-state index contributed by atoms with van der Waals surface area (Å²) in [5, 5.41) is 9.47. The van der Waals surface area contributed by atoms with Gasteiger partial charge in [-0.25, -0.2) is 0 Å². The lowest BCUT2D eigenvalue weighted by Gasteiger charge is -2.21. The highest BCUT2D eigenvalue weighted by atomic mass is 79.9. The summed E-state index contributed by atoms with van der Waals surface area (Å²) in [6.07, 6.45) is -4.50. The number of alkyl halides is 3. The van der Waals surface area contributed by atoms with Crippen LogP contribution in [0, 0.1) is 0 Å². The molecule has 0 aliphatic heterocycles. The number of carbonyl (C=O) groups is 2. The average Bonchev–Trinajstić information content (AvgIpc) is 2.96. The van der Waals surface area contributed by atoms with Crippen molar-refractivity contribution in [3.8, 4) is 0 Å². The van der Waals surface area contributed by atoms with Crippen molar-refractivity contribution in [3.05, 3.63) is 69.8 Å². The summed E-state index contributed by atoms with van der Waals surface area (Å²) in [5.74, 6) is -1.77. The summed E-state index contributed by atoms with van der Waals surface area (Å²) >= 11 is 3.33. The highest BCUT2D eigenvalue weighted by Gasteiger charge is 2.31. The molecule has 0 unspecified atom stereocenters. The lowest BCUT2D eigenvalue weighted by atomic mass is 10.1. The molecule has 0 aliphatic rings. The van der Waals surface area contributed by atoms with Crippen LogP contribution in [0.15, 0.2) is 53.0 Å². The predicted molar refractivity (Wildman–Crippen MR) is 104 cm³/mol. The minimum atomic E-state index is -4.50. The fourth-order valence-electron chi connectivity index (χ4n) is 3.11. The molecular formula is C20H16BrF3N2O3. The summed E-state index contributed by atoms with van der Waals surface area (Å²) in [4.78, 5) is 25.5. The van der Waals surface area contributed by atoms with Gasteiger partial charge in [-0.05, 0) is 42.0 Å². The molecule has 2 aromatic carbocycles. The Morgan fingerprint density at radius 3 is 2.48 bits per heavy atom. The van der Waals surface area contributed by atoms with E-state index in [1.165, 1.54) is 16.7 Å². The van der Waals surface area contributed by atoms with Crippen molar-refractivity contribution in [2.45, 2.75) is 12.7 Å². The SMILES string of the molecule is Cn1c(C(=O)N(CC(=O)O)Cc2cccc(Br)c2)cc2cc(C(F)(F)F)ccc21. The van der Waals surface area contributed by atoms with Crippen molar-refractivity contribution < 1.29 is 27.9 Å². The van der Waals surface area contributed by atoms with Crippen molar-refractivity contribution >= 4 is 38.7 Å². The van der Waals surface area contributed by atoms with Gasteiger partial charge in [0.2, 0.25) is 0 Å². The number of benzene rings is 2. The second-order valence-electron chi connectivity index (χ2n) is 6.54. The normalized spacial score (nSPS) is 11.6. The molecule has 152 valence electrons. The van der Waals surface area contributed by atoms with Gasteiger partial charge in [0.25, 0.3) is 5.91 Å². The Bertz CT molecular complexity index is 1090. The van der Waals surface area contributed by atoms with Gasteiger partial charge in [0, 0.05) is 29.0 Å². The van der Waals surface area contributed by atoms with Crippen molar-refractivity contribution in [2.24, 2.45) is 7.05 Å². The van der Waals surface area contributed by atoms with Gasteiger partial charge in [-0.1, -0.05) is 28.1 Å². The highest BCUT2D eigenvalue weighted by molar-refractivity contribution is 9.10. The number of hydrogen-bond acceptors (Lipinski definition) is 2. The molecule has 0 saturated heterocycles. The molecule has 0 saturated carbocycles. The van der Waals surface area contributed by atoms with Crippen LogP contribution in [0.4, 0.5) is 13.2 Å². The van der Waals surface area contributed by atoms with Crippen LogP contribution in [0.3, 0.4) is 0 Å². The molecule has 0 spiro atoms. The van der Waals surface area contributed by atoms with Crippen LogP contribution in [0.2, 0.25) is 0 Å². The van der Waals surface area contributed by atoms with Gasteiger partial charge in [-0.15, -0.1) is 0 Å². The van der Waals surface area contributed by atoms with E-state index in [-0.39, 0.29) is 17.6 Å². The number of rotatable bonds is 5. The number of fused-ring (bicyclic) bond motifs is 1. The zero-order chi connectivity index (χ0) is 21.3. The molecule has 1 aromatic heterocycles. The van der Waals surface area contributed by atoms with Gasteiger partial charge in [0.15, 0.2) is 0 Å². The third kappa shape index (κ3) is 4.61. The number of aliphatic carboxylic acids is 1. The van der Waals surface area contributed by atoms with E-state index in [0.29, 0.717) is 11.1 Å². The zero-order valence-corrected chi connectivity index (χ0v) is 16.8. The van der Waals surface area contributed by atoms with Crippen LogP contribution in [0.25, 0.3) is 10.9 Å². The Morgan fingerprint density at radius 2 is 1.86 bits per heavy atom. The molecular weight excluding hydrogens is 453 g/mol. The molecule has 9 heteroatoms. The molecule has 0 aliphatic carbocycles. The van der Waals surface area contributed by atoms with E-state index < -0.39 is 30.2 Å². The van der Waals surface area contributed by atoms with Crippen LogP contribution in [0.1, 0.15) is 21.6 Å². The number of amides is 1. The second kappa shape index (κ2) is 7.90. The Hall–Kier alpha value is -2.81. The number of hydrogen-bond donors (Lipinski definition) is 1. The lowest BCUT2D eigenvalue weighted by Crippen LogP contribution is -2.36. The zero-order valence-electron chi connectivity index (χ0n) is 15.2. The Balaban J connectivity index is 1.99. The van der Waals surface area contributed by atoms with E-state index in [4.69, 9.17) is 0 Å². The average molecular weight is 469 g/mol. The monoisotopic (exact) mass is 468 g/mol. The Labute approximate surface area is 172 Å². The Kier molecular flexibility index (Phi) is 5.70. The summed E-state index contributed by atoms with van der Waals surface area (Å²) in [7, 11) is 1.56. The first-order chi connectivity index (χ1) is 13.6. The Morgan fingerprint density at radius 1 is 1.14 bits per heavy atom. The maximum Gasteiger partial charge on any atom is 0.416 e. The van der Waals surface area contributed by atoms with Crippen molar-refractivity contribution in [2.75, 3.05) is 6.54 Å². The van der Waals surface area contributed by atoms with Crippen LogP contribution in [-0.4, -0.2) is 33.0 Å². The molecule has 0 fully saturated rings. The van der Waals surface area contributed by atoms with Crippen LogP contribution < -0.4 is 0 Å². The third-order valence-electron chi connectivity index (χ3n) is 4.46. The molecule has 1 amide bonds. The smallest absolute Gasteiger partial charge is 0.416 e. The number of carboxylic acid groups (broad SMARTS) is 1. The first kappa shape index (κ1) is 20.9. The quantitative estimate of drug-likeness (QED) is 0.590. The van der Waals surface area contributed by atoms with E-state index in [2.05, 4.69) is 15.9 Å². The number of halogens is 4. The van der Waals surface area contributed by atoms with Crippen LogP contribution >= 0.6 is 15.9 Å². The maximum atomic E-state index is 13.0. The van der Waals surface area contributed by atoms with Gasteiger partial charge < -0.3 is 14.6 Å². The van der Waals surface area contributed by atoms with Crippen molar-refractivity contribution in [1.82, 2.24) is 9.47 Å². The summed E-state index contributed by atoms with van der Waals surface area (Å²) in [6, 6.07) is 11.7. The van der Waals surface area contributed by atoms with E-state index in [9.17, 15) is 27.9 Å². The number of carbonyl (C=O) groups excluding carboxylic acids is 1. The molecule has 0 bridgehead atoms. The first-order valence-electron chi connectivity index (χ1n) is 8.48. The first-order valence-corrected chi connectivity index (χ1v) is 9.28. The van der Waals surface area contributed by atoms with Crippen molar-refractivity contribution in [3.63, 3.8) is 0 Å². The fourth-order valence-corrected chi connectivity index (χ4v) is 3.56. The molecule has 1 heterocycles. The predicted octanol–water partition coefficient (Wildman–Crippen LogP) is 4.69. The standard InChI is InChI=1S/C20H16BrF3N2O3/c1-25-16-6-5-14(20(22,23)24)8-13(16)9-17(25)19(29)26(11-18(27)28)10-12-3-2-4-15(21)7-12/h2-9H,10-11H2,1H3,(H,27,28). The number of nitrogens with zero attached hydrogens (tertiary/aromatic N) is 2. The van der Waals surface area contributed by atoms with Crippen LogP contribution in [0.5, 0.6) is 0 Å². The lowest BCUT2D eigenvalue weighted by molar-refractivity contribution is -0.138. The maximum absolute atomic E-state index is 13.0. The number of aryl methyl sites for hydroxylation is 1. The third-order valence-corrected chi connectivity index (χ3v) is 4.96. The van der Waals surface area contributed by atoms with Gasteiger partial charge in [-0.2, -0.15) is 13.2 Å². The molecule has 0 radical (unpaired) electrons.